The fourth-order valence-corrected chi connectivity index (χ4v) is 6.22. The van der Waals surface area contributed by atoms with Crippen molar-refractivity contribution in [2.45, 2.75) is 96.7 Å². The molecule has 4 rings (SSSR count). The van der Waals surface area contributed by atoms with Gasteiger partial charge in [-0.05, 0) is 86.1 Å². The van der Waals surface area contributed by atoms with E-state index >= 15 is 0 Å². The minimum atomic E-state index is -0.350. The van der Waals surface area contributed by atoms with Crippen LogP contribution in [-0.2, 0) is 37.3 Å². The number of rotatable bonds is 18. The molecule has 3 aromatic carbocycles. The molecule has 3 aromatic rings. The second-order valence-electron chi connectivity index (χ2n) is 12.7. The Morgan fingerprint density at radius 1 is 0.638 bits per heavy atom. The molecule has 47 heavy (non-hydrogen) atoms. The number of carbonyl (C=O) groups excluding carboxylic acids is 2. The van der Waals surface area contributed by atoms with E-state index in [2.05, 4.69) is 75.5 Å². The Bertz CT molecular complexity index is 1390. The van der Waals surface area contributed by atoms with E-state index in [1.807, 2.05) is 24.3 Å². The molecule has 250 valence electrons. The van der Waals surface area contributed by atoms with Crippen molar-refractivity contribution in [1.29, 1.82) is 0 Å². The summed E-state index contributed by atoms with van der Waals surface area (Å²) in [7, 11) is 0. The van der Waals surface area contributed by atoms with Crippen molar-refractivity contribution in [1.82, 2.24) is 0 Å². The highest BCUT2D eigenvalue weighted by molar-refractivity contribution is 5.87. The average Bonchev–Trinajstić information content (AvgIpc) is 3.46. The first-order valence-electron chi connectivity index (χ1n) is 16.9. The number of esters is 2. The van der Waals surface area contributed by atoms with Crippen LogP contribution in [0.25, 0.3) is 0 Å². The first kappa shape index (κ1) is 35.5. The smallest absolute Gasteiger partial charge is 0.333 e. The van der Waals surface area contributed by atoms with Crippen molar-refractivity contribution in [2.75, 3.05) is 13.2 Å². The SMILES string of the molecule is C=C(C)C(=O)OC(CCC)CCOc1ccc(C2(c3ccc(OCCC(CCC)OC(=O)C(=C)C)cc3)Cc3ccccc3C2)cc1. The summed E-state index contributed by atoms with van der Waals surface area (Å²) in [6.45, 7) is 15.8. The zero-order valence-electron chi connectivity index (χ0n) is 28.5. The van der Waals surface area contributed by atoms with Crippen molar-refractivity contribution in [2.24, 2.45) is 0 Å². The quantitative estimate of drug-likeness (QED) is 0.102. The van der Waals surface area contributed by atoms with E-state index in [1.165, 1.54) is 22.3 Å². The molecule has 0 fully saturated rings. The maximum atomic E-state index is 12.0. The summed E-state index contributed by atoms with van der Waals surface area (Å²) < 4.78 is 23.4. The van der Waals surface area contributed by atoms with Crippen LogP contribution >= 0.6 is 0 Å². The van der Waals surface area contributed by atoms with Gasteiger partial charge in [0.2, 0.25) is 0 Å². The minimum absolute atomic E-state index is 0.187. The Balaban J connectivity index is 1.44. The van der Waals surface area contributed by atoms with E-state index in [9.17, 15) is 9.59 Å². The molecule has 0 bridgehead atoms. The summed E-state index contributed by atoms with van der Waals surface area (Å²) in [6.07, 6.45) is 6.12. The normalized spacial score (nSPS) is 14.4. The van der Waals surface area contributed by atoms with Gasteiger partial charge in [0, 0.05) is 29.4 Å². The number of fused-ring (bicyclic) bond motifs is 1. The molecular formula is C41H50O6. The molecule has 1 aliphatic rings. The van der Waals surface area contributed by atoms with Gasteiger partial charge in [0.1, 0.15) is 23.7 Å². The van der Waals surface area contributed by atoms with Gasteiger partial charge in [-0.25, -0.2) is 9.59 Å². The second-order valence-corrected chi connectivity index (χ2v) is 12.7. The van der Waals surface area contributed by atoms with Gasteiger partial charge in [-0.1, -0.05) is 88.4 Å². The molecule has 0 spiro atoms. The average molecular weight is 639 g/mol. The van der Waals surface area contributed by atoms with E-state index in [-0.39, 0.29) is 29.6 Å². The predicted molar refractivity (Wildman–Crippen MR) is 187 cm³/mol. The summed E-state index contributed by atoms with van der Waals surface area (Å²) in [5, 5.41) is 0. The fraction of sp³-hybridized carbons (Fsp3) is 0.415. The maximum Gasteiger partial charge on any atom is 0.333 e. The minimum Gasteiger partial charge on any atom is -0.493 e. The number of benzene rings is 3. The standard InChI is InChI=1S/C41H50O6/c1-7-11-37(46-39(42)29(3)4)23-25-44-35-19-15-33(16-20-35)41(27-31-13-9-10-14-32(31)28-41)34-17-21-36(22-18-34)45-26-24-38(12-8-2)47-40(43)30(5)6/h9-10,13-22,37-38H,3,5,7-8,11-12,23-28H2,1-2,4,6H3. The van der Waals surface area contributed by atoms with E-state index in [1.54, 1.807) is 13.8 Å². The molecule has 2 unspecified atom stereocenters. The van der Waals surface area contributed by atoms with Gasteiger partial charge < -0.3 is 18.9 Å². The van der Waals surface area contributed by atoms with Crippen LogP contribution in [0.1, 0.15) is 88.5 Å². The molecule has 0 aliphatic heterocycles. The van der Waals surface area contributed by atoms with E-state index in [0.29, 0.717) is 37.2 Å². The monoisotopic (exact) mass is 638 g/mol. The summed E-state index contributed by atoms with van der Waals surface area (Å²) >= 11 is 0. The van der Waals surface area contributed by atoms with Gasteiger partial charge in [0.25, 0.3) is 0 Å². The molecule has 0 N–H and O–H groups in total. The van der Waals surface area contributed by atoms with Crippen LogP contribution in [0.2, 0.25) is 0 Å². The Kier molecular flexibility index (Phi) is 12.9. The van der Waals surface area contributed by atoms with Crippen molar-refractivity contribution < 1.29 is 28.5 Å². The lowest BCUT2D eigenvalue weighted by atomic mass is 9.72. The summed E-state index contributed by atoms with van der Waals surface area (Å²) in [6, 6.07) is 25.6. The van der Waals surface area contributed by atoms with Gasteiger partial charge in [-0.2, -0.15) is 0 Å². The lowest BCUT2D eigenvalue weighted by Crippen LogP contribution is -2.28. The zero-order chi connectivity index (χ0) is 33.8. The largest absolute Gasteiger partial charge is 0.493 e. The summed E-state index contributed by atoms with van der Waals surface area (Å²) in [4.78, 5) is 24.1. The first-order valence-corrected chi connectivity index (χ1v) is 16.9. The van der Waals surface area contributed by atoms with E-state index < -0.39 is 0 Å². The third-order valence-corrected chi connectivity index (χ3v) is 8.80. The third-order valence-electron chi connectivity index (χ3n) is 8.80. The van der Waals surface area contributed by atoms with Crippen LogP contribution in [0.3, 0.4) is 0 Å². The molecule has 0 saturated heterocycles. The van der Waals surface area contributed by atoms with Crippen LogP contribution in [0.15, 0.2) is 97.1 Å². The highest BCUT2D eigenvalue weighted by Crippen LogP contribution is 2.45. The van der Waals surface area contributed by atoms with Gasteiger partial charge in [0.15, 0.2) is 0 Å². The van der Waals surface area contributed by atoms with Gasteiger partial charge >= 0.3 is 11.9 Å². The number of hydrogen-bond acceptors (Lipinski definition) is 6. The number of ether oxygens (including phenoxy) is 4. The molecule has 0 heterocycles. The molecule has 0 saturated carbocycles. The topological polar surface area (TPSA) is 71.1 Å². The van der Waals surface area contributed by atoms with Crippen LogP contribution in [0, 0.1) is 0 Å². The lowest BCUT2D eigenvalue weighted by molar-refractivity contribution is -0.146. The summed E-state index contributed by atoms with van der Waals surface area (Å²) in [5.41, 5.74) is 5.80. The van der Waals surface area contributed by atoms with Gasteiger partial charge in [-0.3, -0.25) is 0 Å². The van der Waals surface area contributed by atoms with Gasteiger partial charge in [0.05, 0.1) is 13.2 Å². The van der Waals surface area contributed by atoms with Crippen molar-refractivity contribution in [3.8, 4) is 11.5 Å². The predicted octanol–water partition coefficient (Wildman–Crippen LogP) is 8.89. The molecule has 2 atom stereocenters. The molecular weight excluding hydrogens is 588 g/mol. The number of hydrogen-bond donors (Lipinski definition) is 0. The fourth-order valence-electron chi connectivity index (χ4n) is 6.22. The molecule has 0 amide bonds. The zero-order valence-corrected chi connectivity index (χ0v) is 28.5. The molecule has 6 nitrogen and oxygen atoms in total. The Morgan fingerprint density at radius 2 is 1.02 bits per heavy atom. The first-order chi connectivity index (χ1) is 22.6. The van der Waals surface area contributed by atoms with Crippen LogP contribution in [-0.4, -0.2) is 37.4 Å². The molecule has 6 heteroatoms. The molecule has 1 aliphatic carbocycles. The third kappa shape index (κ3) is 9.60. The maximum absolute atomic E-state index is 12.0. The van der Waals surface area contributed by atoms with E-state index in [0.717, 1.165) is 50.0 Å². The van der Waals surface area contributed by atoms with Crippen molar-refractivity contribution in [3.05, 3.63) is 119 Å². The highest BCUT2D eigenvalue weighted by Gasteiger charge is 2.40. The lowest BCUT2D eigenvalue weighted by Gasteiger charge is -2.31. The molecule has 0 radical (unpaired) electrons. The van der Waals surface area contributed by atoms with Gasteiger partial charge in [-0.15, -0.1) is 0 Å². The van der Waals surface area contributed by atoms with Crippen LogP contribution in [0.5, 0.6) is 11.5 Å². The second kappa shape index (κ2) is 17.0. The van der Waals surface area contributed by atoms with Crippen molar-refractivity contribution >= 4 is 11.9 Å². The van der Waals surface area contributed by atoms with Crippen LogP contribution in [0.4, 0.5) is 0 Å². The summed E-state index contributed by atoms with van der Waals surface area (Å²) in [5.74, 6) is 0.884. The Morgan fingerprint density at radius 3 is 1.36 bits per heavy atom. The molecule has 0 aromatic heterocycles. The van der Waals surface area contributed by atoms with Crippen molar-refractivity contribution in [3.63, 3.8) is 0 Å². The highest BCUT2D eigenvalue weighted by atomic mass is 16.6. The van der Waals surface area contributed by atoms with Crippen LogP contribution < -0.4 is 9.47 Å². The Hall–Kier alpha value is -4.32. The Labute approximate surface area is 280 Å². The number of carbonyl (C=O) groups is 2. The van der Waals surface area contributed by atoms with E-state index in [4.69, 9.17) is 18.9 Å².